The second-order valence-electron chi connectivity index (χ2n) is 6.85. The van der Waals surface area contributed by atoms with Crippen molar-refractivity contribution < 1.29 is 22.5 Å². The van der Waals surface area contributed by atoms with Crippen LogP contribution in [0, 0.1) is 12.8 Å². The van der Waals surface area contributed by atoms with Crippen molar-refractivity contribution in [3.8, 4) is 0 Å². The van der Waals surface area contributed by atoms with Crippen molar-refractivity contribution in [3.63, 3.8) is 0 Å². The first-order valence-electron chi connectivity index (χ1n) is 9.13. The lowest BCUT2D eigenvalue weighted by Gasteiger charge is -2.21. The van der Waals surface area contributed by atoms with Gasteiger partial charge in [0.1, 0.15) is 21.6 Å². The molecule has 2 fully saturated rings. The lowest BCUT2D eigenvalue weighted by molar-refractivity contribution is -0.121. The second kappa shape index (κ2) is 10.4. The number of Topliss-reactive ketones (excluding diaryl/α,β-unsaturated/α-hetero) is 1. The summed E-state index contributed by atoms with van der Waals surface area (Å²) in [5, 5.41) is 0. The van der Waals surface area contributed by atoms with Gasteiger partial charge in [-0.05, 0) is 42.8 Å². The first-order chi connectivity index (χ1) is 12.4. The molecule has 146 valence electrons. The molecule has 0 atom stereocenters. The van der Waals surface area contributed by atoms with Crippen molar-refractivity contribution in [1.82, 2.24) is 0 Å². The summed E-state index contributed by atoms with van der Waals surface area (Å²) >= 11 is 0. The van der Waals surface area contributed by atoms with Gasteiger partial charge < -0.3 is 9.29 Å². The molecule has 0 bridgehead atoms. The average Bonchev–Trinajstić information content (AvgIpc) is 2.63. The van der Waals surface area contributed by atoms with Crippen LogP contribution in [0.3, 0.4) is 0 Å². The Hall–Kier alpha value is -0.890. The van der Waals surface area contributed by atoms with E-state index in [0.717, 1.165) is 48.9 Å². The summed E-state index contributed by atoms with van der Waals surface area (Å²) < 4.78 is 36.5. The summed E-state index contributed by atoms with van der Waals surface area (Å²) in [7, 11) is -3.92. The van der Waals surface area contributed by atoms with Gasteiger partial charge in [0.15, 0.2) is 11.5 Å². The zero-order valence-corrected chi connectivity index (χ0v) is 16.9. The van der Waals surface area contributed by atoms with Crippen molar-refractivity contribution in [3.05, 3.63) is 29.8 Å². The van der Waals surface area contributed by atoms with E-state index in [1.165, 1.54) is 31.4 Å². The minimum Gasteiger partial charge on any atom is -0.744 e. The Balaban J connectivity index is 0.000000197. The van der Waals surface area contributed by atoms with E-state index in [1.807, 2.05) is 6.92 Å². The molecule has 1 saturated heterocycles. The maximum atomic E-state index is 12.0. The van der Waals surface area contributed by atoms with Crippen molar-refractivity contribution in [2.24, 2.45) is 5.92 Å². The molecule has 3 rings (SSSR count). The standard InChI is InChI=1S/C12H21O2S.C7H8O3S/c13-12(11-4-2-1-3-5-11)10-15-8-6-14-7-9-15;1-6-2-4-7(5-3-6)11(8,9)10/h11H,1-10H2;2-5H,1H3,(H,8,9,10)/q+1;/p-1. The van der Waals surface area contributed by atoms with Crippen LogP contribution in [-0.4, -0.2) is 49.2 Å². The van der Waals surface area contributed by atoms with E-state index in [4.69, 9.17) is 4.74 Å². The molecule has 1 aliphatic heterocycles. The van der Waals surface area contributed by atoms with Crippen LogP contribution in [0.15, 0.2) is 29.2 Å². The number of carbonyl (C=O) groups excluding carboxylic acids is 1. The molecule has 1 aromatic carbocycles. The maximum Gasteiger partial charge on any atom is 0.184 e. The molecule has 1 aliphatic carbocycles. The van der Waals surface area contributed by atoms with E-state index < -0.39 is 10.1 Å². The summed E-state index contributed by atoms with van der Waals surface area (Å²) in [6.45, 7) is 3.57. The predicted molar refractivity (Wildman–Crippen MR) is 104 cm³/mol. The zero-order chi connectivity index (χ0) is 19.0. The highest BCUT2D eigenvalue weighted by atomic mass is 32.2. The van der Waals surface area contributed by atoms with Crippen LogP contribution >= 0.6 is 0 Å². The number of aryl methyl sites for hydroxylation is 1. The second-order valence-corrected chi connectivity index (χ2v) is 10.6. The van der Waals surface area contributed by atoms with Crippen LogP contribution in [0.25, 0.3) is 0 Å². The summed E-state index contributed by atoms with van der Waals surface area (Å²) in [4.78, 5) is 11.9. The molecule has 0 amide bonds. The van der Waals surface area contributed by atoms with E-state index in [-0.39, 0.29) is 4.90 Å². The highest BCUT2D eigenvalue weighted by Gasteiger charge is 2.30. The molecule has 1 heterocycles. The molecule has 5 nitrogen and oxygen atoms in total. The van der Waals surface area contributed by atoms with Crippen molar-refractivity contribution in [2.75, 3.05) is 30.5 Å². The van der Waals surface area contributed by atoms with Crippen molar-refractivity contribution in [1.29, 1.82) is 0 Å². The van der Waals surface area contributed by atoms with E-state index in [1.54, 1.807) is 12.1 Å². The van der Waals surface area contributed by atoms with Crippen molar-refractivity contribution >= 4 is 26.8 Å². The fraction of sp³-hybridized carbons (Fsp3) is 0.632. The minimum absolute atomic E-state index is 0.178. The van der Waals surface area contributed by atoms with Crippen LogP contribution in [-0.2, 0) is 30.5 Å². The first kappa shape index (κ1) is 21.4. The summed E-state index contributed by atoms with van der Waals surface area (Å²) in [6.07, 6.45) is 6.20. The van der Waals surface area contributed by atoms with Gasteiger partial charge in [0.25, 0.3) is 0 Å². The van der Waals surface area contributed by atoms with Crippen LogP contribution in [0.5, 0.6) is 0 Å². The monoisotopic (exact) mass is 400 g/mol. The van der Waals surface area contributed by atoms with Gasteiger partial charge in [-0.1, -0.05) is 37.0 Å². The fourth-order valence-electron chi connectivity index (χ4n) is 3.15. The predicted octanol–water partition coefficient (Wildman–Crippen LogP) is 2.68. The normalized spacial score (nSPS) is 19.5. The highest BCUT2D eigenvalue weighted by Crippen LogP contribution is 2.25. The SMILES string of the molecule is Cc1ccc(S(=O)(=O)[O-])cc1.O=C(C[S+]1CCOCC1)C1CCCCC1. The molecule has 1 aromatic rings. The van der Waals surface area contributed by atoms with Gasteiger partial charge >= 0.3 is 0 Å². The van der Waals surface area contributed by atoms with E-state index in [9.17, 15) is 17.8 Å². The number of benzene rings is 1. The molecular weight excluding hydrogens is 372 g/mol. The largest absolute Gasteiger partial charge is 0.744 e. The smallest absolute Gasteiger partial charge is 0.184 e. The Morgan fingerprint density at radius 2 is 1.69 bits per heavy atom. The van der Waals surface area contributed by atoms with E-state index in [0.29, 0.717) is 22.6 Å². The van der Waals surface area contributed by atoms with Crippen LogP contribution in [0.4, 0.5) is 0 Å². The van der Waals surface area contributed by atoms with Crippen LogP contribution in [0.1, 0.15) is 37.7 Å². The Bertz CT molecular complexity index is 658. The van der Waals surface area contributed by atoms with Gasteiger partial charge in [-0.15, -0.1) is 0 Å². The molecule has 2 aliphatic rings. The molecule has 0 N–H and O–H groups in total. The Morgan fingerprint density at radius 3 is 2.23 bits per heavy atom. The Kier molecular flexibility index (Phi) is 8.60. The quantitative estimate of drug-likeness (QED) is 0.573. The molecule has 0 spiro atoms. The third-order valence-electron chi connectivity index (χ3n) is 4.75. The number of ketones is 1. The van der Waals surface area contributed by atoms with Gasteiger partial charge in [0.2, 0.25) is 0 Å². The third-order valence-corrected chi connectivity index (χ3v) is 7.78. The summed E-state index contributed by atoms with van der Waals surface area (Å²) in [5.41, 5.74) is 0.928. The molecule has 26 heavy (non-hydrogen) atoms. The lowest BCUT2D eigenvalue weighted by Crippen LogP contribution is -2.34. The Morgan fingerprint density at radius 1 is 1.12 bits per heavy atom. The molecular formula is C19H28O5S2. The van der Waals surface area contributed by atoms with Crippen LogP contribution in [0.2, 0.25) is 0 Å². The number of ether oxygens (including phenoxy) is 1. The summed E-state index contributed by atoms with van der Waals surface area (Å²) in [5.74, 6) is 4.07. The summed E-state index contributed by atoms with van der Waals surface area (Å²) in [6, 6.07) is 5.78. The van der Waals surface area contributed by atoms with E-state index in [2.05, 4.69) is 0 Å². The third kappa shape index (κ3) is 7.39. The fourth-order valence-corrected chi connectivity index (χ4v) is 5.46. The molecule has 0 radical (unpaired) electrons. The number of hydrogen-bond donors (Lipinski definition) is 0. The lowest BCUT2D eigenvalue weighted by atomic mass is 9.87. The zero-order valence-electron chi connectivity index (χ0n) is 15.3. The van der Waals surface area contributed by atoms with Gasteiger partial charge in [-0.2, -0.15) is 0 Å². The topological polar surface area (TPSA) is 83.5 Å². The van der Waals surface area contributed by atoms with Gasteiger partial charge in [0, 0.05) is 5.92 Å². The van der Waals surface area contributed by atoms with Crippen LogP contribution < -0.4 is 0 Å². The Labute approximate surface area is 159 Å². The number of hydrogen-bond acceptors (Lipinski definition) is 5. The highest BCUT2D eigenvalue weighted by molar-refractivity contribution is 7.97. The average molecular weight is 401 g/mol. The van der Waals surface area contributed by atoms with E-state index >= 15 is 0 Å². The molecule has 1 saturated carbocycles. The molecule has 0 unspecified atom stereocenters. The van der Waals surface area contributed by atoms with Crippen molar-refractivity contribution in [2.45, 2.75) is 43.9 Å². The maximum absolute atomic E-state index is 12.0. The minimum atomic E-state index is -4.27. The van der Waals surface area contributed by atoms with Gasteiger partial charge in [0.05, 0.1) is 18.1 Å². The molecule has 0 aromatic heterocycles. The first-order valence-corrected chi connectivity index (χ1v) is 12.3. The van der Waals surface area contributed by atoms with Gasteiger partial charge in [-0.3, -0.25) is 4.79 Å². The number of rotatable bonds is 4. The van der Waals surface area contributed by atoms with Gasteiger partial charge in [-0.25, -0.2) is 8.42 Å². The molecule has 7 heteroatoms. The number of carbonyl (C=O) groups is 1.